The number of amides is 1. The zero-order valence-corrected chi connectivity index (χ0v) is 31.2. The second-order valence-corrected chi connectivity index (χ2v) is 14.7. The first kappa shape index (κ1) is 48.5. The average Bonchev–Trinajstić information content (AvgIpc) is 3.21. The number of hydrogen-bond acceptors (Lipinski definition) is 26. The maximum atomic E-state index is 12.3. The van der Waals surface area contributed by atoms with Crippen LogP contribution in [0.25, 0.3) is 0 Å². The van der Waals surface area contributed by atoms with E-state index in [1.165, 1.54) is 0 Å². The maximum Gasteiger partial charge on any atom is 0.217 e. The number of carbonyl (C=O) groups is 1. The lowest BCUT2D eigenvalue weighted by molar-refractivity contribution is -0.388. The van der Waals surface area contributed by atoms with Crippen LogP contribution in [0.15, 0.2) is 0 Å². The number of carbonyl (C=O) groups excluding carboxylic acids is 1. The largest absolute Gasteiger partial charge is 0.394 e. The standard InChI is InChI=1S/C32H55NO26/c1-7(39)33-13-16(42)24(56-30-21(47)17(43)14(40)8(2-34)52-30)11(5-37)54-29(13)59-27-15(41)9(3-35)53-32(23(27)49)58-26-12(6-38)55-31(22(48)19(26)45)57-25-10(4-36)51-28(50)20(46)18(25)44/h8-32,34-38,40-50H,2-6H2,1H3,(H,33,39)/t8-,9-,10-,11-,12-,13-,14+,15+,16-,17+,18-,19-,20-,21-,22-,23-,24-,25-,26+,27+,28-,29+,30+,31+,32-/m1/s1. The Morgan fingerprint density at radius 2 is 0.780 bits per heavy atom. The molecule has 5 rings (SSSR count). The second kappa shape index (κ2) is 20.8. The van der Waals surface area contributed by atoms with E-state index in [0.717, 1.165) is 6.92 Å². The minimum Gasteiger partial charge on any atom is -0.394 e. The minimum absolute atomic E-state index is 0.795. The molecule has 5 fully saturated rings. The molecule has 0 aromatic heterocycles. The molecule has 5 aliphatic rings. The predicted octanol–water partition coefficient (Wildman–Crippen LogP) is -11.8. The molecular formula is C32H55NO26. The van der Waals surface area contributed by atoms with Gasteiger partial charge in [0, 0.05) is 6.92 Å². The highest BCUT2D eigenvalue weighted by atomic mass is 16.8. The van der Waals surface area contributed by atoms with Gasteiger partial charge in [-0.3, -0.25) is 4.79 Å². The van der Waals surface area contributed by atoms with Gasteiger partial charge in [0.1, 0.15) is 122 Å². The zero-order valence-electron chi connectivity index (χ0n) is 31.2. The Morgan fingerprint density at radius 1 is 0.407 bits per heavy atom. The van der Waals surface area contributed by atoms with Gasteiger partial charge in [-0.15, -0.1) is 0 Å². The van der Waals surface area contributed by atoms with Crippen molar-refractivity contribution in [1.29, 1.82) is 0 Å². The van der Waals surface area contributed by atoms with E-state index in [9.17, 15) is 86.5 Å². The van der Waals surface area contributed by atoms with Crippen molar-refractivity contribution in [3.05, 3.63) is 0 Å². The SMILES string of the molecule is CC(=O)N[C@H]1[C@H](O[C@H]2[C@@H](O)[C@@H](CO)O[C@H](O[C@@H]3[C@H](O)[C@@H](O)[C@H](O[C@H]4[C@H](O)[C@@H](O)[C@H](O)O[C@@H]4CO)O[C@@H]3CO)[C@@H]2O)O[C@H](CO)[C@@H](O[C@@H]2O[C@H](CO)[C@H](O)[C@H](O)[C@H]2O)[C@@H]1O. The molecule has 0 radical (unpaired) electrons. The minimum atomic E-state index is -2.13. The Labute approximate surface area is 333 Å². The Kier molecular flexibility index (Phi) is 17.1. The molecule has 25 atom stereocenters. The van der Waals surface area contributed by atoms with Crippen molar-refractivity contribution in [3.63, 3.8) is 0 Å². The third-order valence-electron chi connectivity index (χ3n) is 10.7. The van der Waals surface area contributed by atoms with Gasteiger partial charge in [-0.25, -0.2) is 0 Å². The van der Waals surface area contributed by atoms with Gasteiger partial charge in [0.15, 0.2) is 31.5 Å². The fourth-order valence-corrected chi connectivity index (χ4v) is 7.43. The average molecular weight is 870 g/mol. The second-order valence-electron chi connectivity index (χ2n) is 14.7. The third kappa shape index (κ3) is 10.2. The van der Waals surface area contributed by atoms with Gasteiger partial charge >= 0.3 is 0 Å². The quantitative estimate of drug-likeness (QED) is 0.0770. The summed E-state index contributed by atoms with van der Waals surface area (Å²) in [5.74, 6) is -0.795. The molecule has 17 N–H and O–H groups in total. The van der Waals surface area contributed by atoms with Gasteiger partial charge in [-0.05, 0) is 0 Å². The van der Waals surface area contributed by atoms with Crippen LogP contribution in [-0.4, -0.2) is 274 Å². The summed E-state index contributed by atoms with van der Waals surface area (Å²) in [6, 6.07) is -1.68. The van der Waals surface area contributed by atoms with Crippen LogP contribution in [0.5, 0.6) is 0 Å². The van der Waals surface area contributed by atoms with Crippen LogP contribution in [0.4, 0.5) is 0 Å². The van der Waals surface area contributed by atoms with Crippen molar-refractivity contribution in [3.8, 4) is 0 Å². The summed E-state index contributed by atoms with van der Waals surface area (Å²) in [4.78, 5) is 12.3. The molecule has 344 valence electrons. The number of aliphatic hydroxyl groups excluding tert-OH is 16. The van der Waals surface area contributed by atoms with Gasteiger partial charge in [0.25, 0.3) is 0 Å². The van der Waals surface area contributed by atoms with E-state index >= 15 is 0 Å². The fraction of sp³-hybridized carbons (Fsp3) is 0.969. The van der Waals surface area contributed by atoms with E-state index in [0.29, 0.717) is 0 Å². The van der Waals surface area contributed by atoms with Crippen LogP contribution in [-0.2, 0) is 47.4 Å². The highest BCUT2D eigenvalue weighted by Gasteiger charge is 2.56. The van der Waals surface area contributed by atoms with Crippen molar-refractivity contribution < 1.29 is 129 Å². The molecule has 0 unspecified atom stereocenters. The van der Waals surface area contributed by atoms with E-state index in [1.54, 1.807) is 0 Å². The van der Waals surface area contributed by atoms with E-state index in [2.05, 4.69) is 5.32 Å². The van der Waals surface area contributed by atoms with Crippen LogP contribution in [0, 0.1) is 0 Å². The molecule has 27 heteroatoms. The Balaban J connectivity index is 1.32. The molecule has 0 aromatic rings. The van der Waals surface area contributed by atoms with E-state index < -0.39 is 192 Å². The first-order valence-electron chi connectivity index (χ1n) is 18.6. The number of ether oxygens (including phenoxy) is 9. The molecule has 5 saturated heterocycles. The van der Waals surface area contributed by atoms with E-state index in [1.807, 2.05) is 0 Å². The van der Waals surface area contributed by atoms with Gasteiger partial charge in [-0.2, -0.15) is 0 Å². The predicted molar refractivity (Wildman–Crippen MR) is 178 cm³/mol. The van der Waals surface area contributed by atoms with Crippen molar-refractivity contribution in [2.45, 2.75) is 160 Å². The Bertz CT molecular complexity index is 1320. The van der Waals surface area contributed by atoms with Crippen molar-refractivity contribution in [2.75, 3.05) is 33.0 Å². The number of nitrogens with one attached hydrogen (secondary N) is 1. The molecule has 0 saturated carbocycles. The lowest BCUT2D eigenvalue weighted by Gasteiger charge is -2.50. The van der Waals surface area contributed by atoms with Crippen LogP contribution in [0.2, 0.25) is 0 Å². The van der Waals surface area contributed by atoms with Crippen LogP contribution < -0.4 is 5.32 Å². The monoisotopic (exact) mass is 869 g/mol. The molecule has 0 aliphatic carbocycles. The van der Waals surface area contributed by atoms with Gasteiger partial charge in [-0.1, -0.05) is 0 Å². The molecule has 27 nitrogen and oxygen atoms in total. The molecule has 5 aliphatic heterocycles. The first-order chi connectivity index (χ1) is 27.9. The number of rotatable bonds is 14. The summed E-state index contributed by atoms with van der Waals surface area (Å²) < 4.78 is 50.0. The lowest BCUT2D eigenvalue weighted by Crippen LogP contribution is -2.70. The van der Waals surface area contributed by atoms with Gasteiger partial charge in [0.2, 0.25) is 5.91 Å². The maximum absolute atomic E-state index is 12.3. The highest BCUT2D eigenvalue weighted by Crippen LogP contribution is 2.35. The summed E-state index contributed by atoms with van der Waals surface area (Å²) in [5, 5.41) is 169. The molecule has 5 heterocycles. The van der Waals surface area contributed by atoms with E-state index in [-0.39, 0.29) is 0 Å². The Morgan fingerprint density at radius 3 is 1.27 bits per heavy atom. The summed E-state index contributed by atoms with van der Waals surface area (Å²) in [7, 11) is 0. The number of hydrogen-bond donors (Lipinski definition) is 17. The van der Waals surface area contributed by atoms with Crippen LogP contribution in [0.1, 0.15) is 6.92 Å². The van der Waals surface area contributed by atoms with Crippen molar-refractivity contribution in [2.24, 2.45) is 0 Å². The normalized spacial score (nSPS) is 51.0. The summed E-state index contributed by atoms with van der Waals surface area (Å²) in [6.07, 6.45) is -44.0. The van der Waals surface area contributed by atoms with Crippen LogP contribution in [0.3, 0.4) is 0 Å². The first-order valence-corrected chi connectivity index (χ1v) is 18.6. The van der Waals surface area contributed by atoms with E-state index in [4.69, 9.17) is 42.6 Å². The van der Waals surface area contributed by atoms with Crippen molar-refractivity contribution in [1.82, 2.24) is 5.32 Å². The zero-order chi connectivity index (χ0) is 43.6. The smallest absolute Gasteiger partial charge is 0.217 e. The molecule has 0 aromatic carbocycles. The summed E-state index contributed by atoms with van der Waals surface area (Å²) >= 11 is 0. The molecular weight excluding hydrogens is 814 g/mol. The molecule has 59 heavy (non-hydrogen) atoms. The lowest BCUT2D eigenvalue weighted by atomic mass is 9.94. The van der Waals surface area contributed by atoms with Gasteiger partial charge in [0.05, 0.1) is 33.0 Å². The van der Waals surface area contributed by atoms with Crippen molar-refractivity contribution >= 4 is 5.91 Å². The fourth-order valence-electron chi connectivity index (χ4n) is 7.43. The topological polar surface area (TPSA) is 436 Å². The molecule has 1 amide bonds. The highest BCUT2D eigenvalue weighted by molar-refractivity contribution is 5.73. The Hall–Kier alpha value is -1.53. The molecule has 0 spiro atoms. The molecule has 0 bridgehead atoms. The number of aliphatic hydroxyl groups is 16. The third-order valence-corrected chi connectivity index (χ3v) is 10.7. The van der Waals surface area contributed by atoms with Crippen LogP contribution >= 0.6 is 0 Å². The summed E-state index contributed by atoms with van der Waals surface area (Å²) in [6.45, 7) is -3.54. The van der Waals surface area contributed by atoms with Gasteiger partial charge < -0.3 is 130 Å². The summed E-state index contributed by atoms with van der Waals surface area (Å²) in [5.41, 5.74) is 0.